The molecule has 1 aliphatic rings. The van der Waals surface area contributed by atoms with Crippen LogP contribution in [0.5, 0.6) is 23.0 Å². The molecule has 1 aliphatic heterocycles. The first-order valence-electron chi connectivity index (χ1n) is 8.81. The van der Waals surface area contributed by atoms with Gasteiger partial charge in [-0.3, -0.25) is 4.99 Å². The second-order valence-electron chi connectivity index (χ2n) is 6.10. The third-order valence-electron chi connectivity index (χ3n) is 4.06. The van der Waals surface area contributed by atoms with Crippen LogP contribution in [0.4, 0.5) is 0 Å². The molecule has 0 aromatic heterocycles. The van der Waals surface area contributed by atoms with E-state index in [0.29, 0.717) is 19.0 Å². The van der Waals surface area contributed by atoms with E-state index in [1.54, 1.807) is 14.2 Å². The second kappa shape index (κ2) is 9.02. The summed E-state index contributed by atoms with van der Waals surface area (Å²) in [5.41, 5.74) is 1.09. The normalized spacial score (nSPS) is 13.8. The van der Waals surface area contributed by atoms with Gasteiger partial charge in [-0.1, -0.05) is 12.1 Å². The Hall–Kier alpha value is -3.09. The molecule has 27 heavy (non-hydrogen) atoms. The Morgan fingerprint density at radius 2 is 1.93 bits per heavy atom. The number of fused-ring (bicyclic) bond motifs is 1. The molecule has 0 spiro atoms. The fourth-order valence-electron chi connectivity index (χ4n) is 2.65. The summed E-state index contributed by atoms with van der Waals surface area (Å²) >= 11 is 0. The first-order chi connectivity index (χ1) is 13.2. The van der Waals surface area contributed by atoms with E-state index in [2.05, 4.69) is 15.6 Å². The van der Waals surface area contributed by atoms with Crippen LogP contribution >= 0.6 is 0 Å². The van der Waals surface area contributed by atoms with Gasteiger partial charge >= 0.3 is 0 Å². The molecule has 0 saturated carbocycles. The first-order valence-corrected chi connectivity index (χ1v) is 8.81. The van der Waals surface area contributed by atoms with Crippen LogP contribution in [0.15, 0.2) is 47.5 Å². The molecule has 1 unspecified atom stereocenters. The SMILES string of the molecule is CN=C(NCc1ccc2c(c1)OCO2)NCC(C)Oc1cccc(OC)c1. The summed E-state index contributed by atoms with van der Waals surface area (Å²) in [6, 6.07) is 13.5. The lowest BCUT2D eigenvalue weighted by atomic mass is 10.2. The number of methoxy groups -OCH3 is 1. The number of hydrogen-bond donors (Lipinski definition) is 2. The number of ether oxygens (including phenoxy) is 4. The molecular weight excluding hydrogens is 346 g/mol. The summed E-state index contributed by atoms with van der Waals surface area (Å²) in [7, 11) is 3.38. The van der Waals surface area contributed by atoms with Crippen molar-refractivity contribution < 1.29 is 18.9 Å². The van der Waals surface area contributed by atoms with E-state index in [1.807, 2.05) is 49.4 Å². The molecule has 0 bridgehead atoms. The predicted molar refractivity (Wildman–Crippen MR) is 104 cm³/mol. The molecule has 144 valence electrons. The van der Waals surface area contributed by atoms with Crippen molar-refractivity contribution in [2.75, 3.05) is 27.5 Å². The van der Waals surface area contributed by atoms with Crippen LogP contribution < -0.4 is 29.6 Å². The number of benzene rings is 2. The quantitative estimate of drug-likeness (QED) is 0.576. The smallest absolute Gasteiger partial charge is 0.231 e. The van der Waals surface area contributed by atoms with Crippen molar-refractivity contribution in [2.45, 2.75) is 19.6 Å². The number of rotatable bonds is 7. The predicted octanol–water partition coefficient (Wildman–Crippen LogP) is 2.56. The fraction of sp³-hybridized carbons (Fsp3) is 0.350. The van der Waals surface area contributed by atoms with Crippen molar-refractivity contribution >= 4 is 5.96 Å². The number of aliphatic imine (C=N–C) groups is 1. The minimum atomic E-state index is -0.0406. The van der Waals surface area contributed by atoms with Gasteiger partial charge in [0.25, 0.3) is 0 Å². The lowest BCUT2D eigenvalue weighted by Crippen LogP contribution is -2.41. The van der Waals surface area contributed by atoms with Gasteiger partial charge in [-0.15, -0.1) is 0 Å². The molecule has 0 radical (unpaired) electrons. The highest BCUT2D eigenvalue weighted by Gasteiger charge is 2.13. The number of guanidine groups is 1. The highest BCUT2D eigenvalue weighted by atomic mass is 16.7. The van der Waals surface area contributed by atoms with E-state index in [9.17, 15) is 0 Å². The maximum absolute atomic E-state index is 5.91. The Bertz CT molecular complexity index is 795. The van der Waals surface area contributed by atoms with Crippen LogP contribution in [-0.2, 0) is 6.54 Å². The van der Waals surface area contributed by atoms with Gasteiger partial charge in [0, 0.05) is 19.7 Å². The molecule has 0 amide bonds. The molecular formula is C20H25N3O4. The summed E-state index contributed by atoms with van der Waals surface area (Å²) in [4.78, 5) is 4.24. The third-order valence-corrected chi connectivity index (χ3v) is 4.06. The van der Waals surface area contributed by atoms with Crippen molar-refractivity contribution in [3.8, 4) is 23.0 Å². The summed E-state index contributed by atoms with van der Waals surface area (Å²) in [6.45, 7) is 3.51. The molecule has 7 heteroatoms. The molecule has 0 aliphatic carbocycles. The molecule has 7 nitrogen and oxygen atoms in total. The van der Waals surface area contributed by atoms with Crippen LogP contribution in [0.3, 0.4) is 0 Å². The third kappa shape index (κ3) is 5.20. The number of nitrogens with one attached hydrogen (secondary N) is 2. The second-order valence-corrected chi connectivity index (χ2v) is 6.10. The molecule has 2 aromatic rings. The van der Waals surface area contributed by atoms with Gasteiger partial charge in [-0.2, -0.15) is 0 Å². The number of hydrogen-bond acceptors (Lipinski definition) is 5. The lowest BCUT2D eigenvalue weighted by Gasteiger charge is -2.18. The standard InChI is InChI=1S/C20H25N3O4/c1-14(27-17-6-4-5-16(10-17)24-3)11-22-20(21-2)23-12-15-7-8-18-19(9-15)26-13-25-18/h4-10,14H,11-13H2,1-3H3,(H2,21,22,23). The van der Waals surface area contributed by atoms with E-state index < -0.39 is 0 Å². The molecule has 3 rings (SSSR count). The van der Waals surface area contributed by atoms with Gasteiger partial charge in [0.2, 0.25) is 6.79 Å². The van der Waals surface area contributed by atoms with Crippen molar-refractivity contribution in [1.82, 2.24) is 10.6 Å². The van der Waals surface area contributed by atoms with Crippen molar-refractivity contribution in [3.05, 3.63) is 48.0 Å². The Morgan fingerprint density at radius 3 is 2.74 bits per heavy atom. The highest BCUT2D eigenvalue weighted by molar-refractivity contribution is 5.79. The molecule has 2 aromatic carbocycles. The number of nitrogens with zero attached hydrogens (tertiary/aromatic N) is 1. The Labute approximate surface area is 159 Å². The maximum Gasteiger partial charge on any atom is 0.231 e. The van der Waals surface area contributed by atoms with Crippen LogP contribution in [0, 0.1) is 0 Å². The molecule has 1 heterocycles. The Morgan fingerprint density at radius 1 is 1.11 bits per heavy atom. The van der Waals surface area contributed by atoms with E-state index >= 15 is 0 Å². The monoisotopic (exact) mass is 371 g/mol. The minimum Gasteiger partial charge on any atom is -0.497 e. The first kappa shape index (κ1) is 18.7. The average Bonchev–Trinajstić information content (AvgIpc) is 3.16. The van der Waals surface area contributed by atoms with Gasteiger partial charge in [-0.25, -0.2) is 0 Å². The zero-order chi connectivity index (χ0) is 19.1. The summed E-state index contributed by atoms with van der Waals surface area (Å²) in [5.74, 6) is 3.80. The van der Waals surface area contributed by atoms with E-state index in [4.69, 9.17) is 18.9 Å². The van der Waals surface area contributed by atoms with Gasteiger partial charge in [-0.05, 0) is 36.8 Å². The topological polar surface area (TPSA) is 73.3 Å². The maximum atomic E-state index is 5.91. The van der Waals surface area contributed by atoms with Crippen LogP contribution in [0.25, 0.3) is 0 Å². The molecule has 1 atom stereocenters. The summed E-state index contributed by atoms with van der Waals surface area (Å²) in [5, 5.41) is 6.55. The van der Waals surface area contributed by atoms with Gasteiger partial charge in [0.05, 0.1) is 13.7 Å². The van der Waals surface area contributed by atoms with Gasteiger partial charge in [0.15, 0.2) is 17.5 Å². The molecule has 2 N–H and O–H groups in total. The zero-order valence-corrected chi connectivity index (χ0v) is 15.8. The Balaban J connectivity index is 1.45. The van der Waals surface area contributed by atoms with Crippen molar-refractivity contribution in [1.29, 1.82) is 0 Å². The van der Waals surface area contributed by atoms with Crippen molar-refractivity contribution in [3.63, 3.8) is 0 Å². The van der Waals surface area contributed by atoms with Crippen LogP contribution in [0.2, 0.25) is 0 Å². The zero-order valence-electron chi connectivity index (χ0n) is 15.8. The van der Waals surface area contributed by atoms with Crippen LogP contribution in [-0.4, -0.2) is 39.6 Å². The summed E-state index contributed by atoms with van der Waals surface area (Å²) < 4.78 is 21.9. The van der Waals surface area contributed by atoms with Gasteiger partial charge in [0.1, 0.15) is 17.6 Å². The Kier molecular flexibility index (Phi) is 6.25. The van der Waals surface area contributed by atoms with E-state index in [1.165, 1.54) is 0 Å². The van der Waals surface area contributed by atoms with Gasteiger partial charge < -0.3 is 29.6 Å². The molecule has 0 saturated heterocycles. The van der Waals surface area contributed by atoms with E-state index in [0.717, 1.165) is 28.6 Å². The average molecular weight is 371 g/mol. The van der Waals surface area contributed by atoms with Crippen molar-refractivity contribution in [2.24, 2.45) is 4.99 Å². The summed E-state index contributed by atoms with van der Waals surface area (Å²) in [6.07, 6.45) is -0.0406. The van der Waals surface area contributed by atoms with Crippen LogP contribution in [0.1, 0.15) is 12.5 Å². The minimum absolute atomic E-state index is 0.0406. The lowest BCUT2D eigenvalue weighted by molar-refractivity contribution is 0.174. The molecule has 0 fully saturated rings. The highest BCUT2D eigenvalue weighted by Crippen LogP contribution is 2.32. The van der Waals surface area contributed by atoms with E-state index in [-0.39, 0.29) is 12.9 Å². The largest absolute Gasteiger partial charge is 0.497 e. The fourth-order valence-corrected chi connectivity index (χ4v) is 2.65.